The van der Waals surface area contributed by atoms with Crippen LogP contribution in [0.1, 0.15) is 38.5 Å². The van der Waals surface area contributed by atoms with Crippen LogP contribution in [0.15, 0.2) is 0 Å². The molecular weight excluding hydrogens is 216 g/mol. The van der Waals surface area contributed by atoms with Crippen molar-refractivity contribution in [2.24, 2.45) is 0 Å². The Morgan fingerprint density at radius 2 is 1.87 bits per heavy atom. The average molecular weight is 234 g/mol. The molecule has 0 saturated heterocycles. The zero-order valence-electron chi connectivity index (χ0n) is 9.03. The van der Waals surface area contributed by atoms with Gasteiger partial charge >= 0.3 is 0 Å². The molecule has 1 aliphatic carbocycles. The second-order valence-electron chi connectivity index (χ2n) is 4.50. The summed E-state index contributed by atoms with van der Waals surface area (Å²) in [6.45, 7) is 0. The lowest BCUT2D eigenvalue weighted by Crippen LogP contribution is -2.34. The van der Waals surface area contributed by atoms with E-state index >= 15 is 0 Å². The summed E-state index contributed by atoms with van der Waals surface area (Å²) in [4.78, 5) is 11.0. The van der Waals surface area contributed by atoms with Crippen LogP contribution >= 0.6 is 0 Å². The smallest absolute Gasteiger partial charge is 0.147 e. The van der Waals surface area contributed by atoms with E-state index in [1.54, 1.807) is 0 Å². The van der Waals surface area contributed by atoms with Gasteiger partial charge in [0.25, 0.3) is 0 Å². The van der Waals surface area contributed by atoms with Crippen LogP contribution in [0.2, 0.25) is 0 Å². The molecule has 0 heterocycles. The second kappa shape index (κ2) is 4.61. The summed E-state index contributed by atoms with van der Waals surface area (Å²) in [6, 6.07) is 0. The van der Waals surface area contributed by atoms with Crippen molar-refractivity contribution in [3.8, 4) is 0 Å². The van der Waals surface area contributed by atoms with E-state index in [1.165, 1.54) is 6.26 Å². The Labute approximate surface area is 90.6 Å². The lowest BCUT2D eigenvalue weighted by molar-refractivity contribution is -0.125. The van der Waals surface area contributed by atoms with Gasteiger partial charge in [0.1, 0.15) is 15.6 Å². The van der Waals surface area contributed by atoms with E-state index in [4.69, 9.17) is 0 Å². The highest BCUT2D eigenvalue weighted by molar-refractivity contribution is 7.90. The minimum Gasteiger partial charge on any atom is -0.390 e. The number of hydrogen-bond acceptors (Lipinski definition) is 4. The molecule has 1 fully saturated rings. The molecule has 0 unspecified atom stereocenters. The van der Waals surface area contributed by atoms with E-state index in [-0.39, 0.29) is 11.5 Å². The van der Waals surface area contributed by atoms with E-state index < -0.39 is 15.4 Å². The van der Waals surface area contributed by atoms with Gasteiger partial charge in [0.2, 0.25) is 0 Å². The minimum absolute atomic E-state index is 0.114. The number of rotatable bonds is 4. The molecule has 88 valence electrons. The van der Waals surface area contributed by atoms with Crippen molar-refractivity contribution in [3.63, 3.8) is 0 Å². The van der Waals surface area contributed by atoms with Gasteiger partial charge in [0, 0.05) is 24.9 Å². The van der Waals surface area contributed by atoms with Crippen LogP contribution < -0.4 is 0 Å². The fourth-order valence-electron chi connectivity index (χ4n) is 1.91. The first kappa shape index (κ1) is 12.6. The lowest BCUT2D eigenvalue weighted by atomic mass is 9.81. The maximum Gasteiger partial charge on any atom is 0.147 e. The predicted octanol–water partition coefficient (Wildman–Crippen LogP) is 0.685. The number of ketones is 1. The maximum absolute atomic E-state index is 11.0. The van der Waals surface area contributed by atoms with Gasteiger partial charge in [0.15, 0.2) is 0 Å². The standard InChI is InChI=1S/C10H18O4S/c1-15(13,14)8-2-5-10(12)6-3-9(11)4-7-10/h12H,2-8H2,1H3. The van der Waals surface area contributed by atoms with Gasteiger partial charge in [-0.25, -0.2) is 8.42 Å². The highest BCUT2D eigenvalue weighted by Gasteiger charge is 2.31. The van der Waals surface area contributed by atoms with Gasteiger partial charge in [-0.05, 0) is 25.7 Å². The summed E-state index contributed by atoms with van der Waals surface area (Å²) in [6.07, 6.45) is 3.97. The molecule has 0 aromatic rings. The fourth-order valence-corrected chi connectivity index (χ4v) is 2.58. The van der Waals surface area contributed by atoms with E-state index in [1.807, 2.05) is 0 Å². The van der Waals surface area contributed by atoms with Crippen molar-refractivity contribution in [2.45, 2.75) is 44.1 Å². The average Bonchev–Trinajstić information content (AvgIpc) is 2.09. The third kappa shape index (κ3) is 4.75. The summed E-state index contributed by atoms with van der Waals surface area (Å²) in [5.74, 6) is 0.311. The van der Waals surface area contributed by atoms with Crippen molar-refractivity contribution in [2.75, 3.05) is 12.0 Å². The molecule has 0 aromatic carbocycles. The van der Waals surface area contributed by atoms with E-state index in [0.717, 1.165) is 0 Å². The Kier molecular flexibility index (Phi) is 3.89. The van der Waals surface area contributed by atoms with Crippen molar-refractivity contribution in [1.82, 2.24) is 0 Å². The summed E-state index contributed by atoms with van der Waals surface area (Å²) in [5.41, 5.74) is -0.807. The Hall–Kier alpha value is -0.420. The third-order valence-electron chi connectivity index (χ3n) is 2.90. The quantitative estimate of drug-likeness (QED) is 0.776. The van der Waals surface area contributed by atoms with Crippen molar-refractivity contribution >= 4 is 15.6 Å². The van der Waals surface area contributed by atoms with Crippen molar-refractivity contribution < 1.29 is 18.3 Å². The molecule has 1 aliphatic rings. The first-order chi connectivity index (χ1) is 6.81. The van der Waals surface area contributed by atoms with Crippen LogP contribution in [0.25, 0.3) is 0 Å². The fraction of sp³-hybridized carbons (Fsp3) is 0.900. The largest absolute Gasteiger partial charge is 0.390 e. The van der Waals surface area contributed by atoms with E-state index in [9.17, 15) is 18.3 Å². The predicted molar refractivity (Wildman–Crippen MR) is 57.4 cm³/mol. The number of carbonyl (C=O) groups excluding carboxylic acids is 1. The van der Waals surface area contributed by atoms with Gasteiger partial charge in [-0.2, -0.15) is 0 Å². The number of carbonyl (C=O) groups is 1. The van der Waals surface area contributed by atoms with Crippen LogP contribution in [0, 0.1) is 0 Å². The molecule has 4 nitrogen and oxygen atoms in total. The van der Waals surface area contributed by atoms with E-state index in [0.29, 0.717) is 38.5 Å². The molecule has 0 aromatic heterocycles. The van der Waals surface area contributed by atoms with Crippen molar-refractivity contribution in [3.05, 3.63) is 0 Å². The molecular formula is C10H18O4S. The normalized spacial score (nSPS) is 21.6. The molecule has 0 radical (unpaired) electrons. The van der Waals surface area contributed by atoms with Crippen molar-refractivity contribution in [1.29, 1.82) is 0 Å². The molecule has 0 amide bonds. The molecule has 1 saturated carbocycles. The Morgan fingerprint density at radius 1 is 1.33 bits per heavy atom. The molecule has 0 aliphatic heterocycles. The summed E-state index contributed by atoms with van der Waals surface area (Å²) in [7, 11) is -2.94. The molecule has 1 rings (SSSR count). The number of Topliss-reactive ketones (excluding diaryl/α,β-unsaturated/α-hetero) is 1. The highest BCUT2D eigenvalue weighted by atomic mass is 32.2. The van der Waals surface area contributed by atoms with Gasteiger partial charge in [-0.3, -0.25) is 4.79 Å². The van der Waals surface area contributed by atoms with Gasteiger partial charge < -0.3 is 5.11 Å². The van der Waals surface area contributed by atoms with Gasteiger partial charge in [0.05, 0.1) is 5.60 Å². The molecule has 0 bridgehead atoms. The first-order valence-corrected chi connectivity index (χ1v) is 7.29. The summed E-state index contributed by atoms with van der Waals surface area (Å²) in [5, 5.41) is 10.0. The zero-order chi connectivity index (χ0) is 11.5. The zero-order valence-corrected chi connectivity index (χ0v) is 9.85. The monoisotopic (exact) mass is 234 g/mol. The Morgan fingerprint density at radius 3 is 2.33 bits per heavy atom. The van der Waals surface area contributed by atoms with E-state index in [2.05, 4.69) is 0 Å². The summed E-state index contributed by atoms with van der Waals surface area (Å²) >= 11 is 0. The highest BCUT2D eigenvalue weighted by Crippen LogP contribution is 2.30. The van der Waals surface area contributed by atoms with Crippen LogP contribution in [-0.2, 0) is 14.6 Å². The van der Waals surface area contributed by atoms with Crippen LogP contribution in [0.5, 0.6) is 0 Å². The Bertz CT molecular complexity index is 321. The van der Waals surface area contributed by atoms with Crippen LogP contribution in [-0.4, -0.2) is 36.9 Å². The number of hydrogen-bond donors (Lipinski definition) is 1. The SMILES string of the molecule is CS(=O)(=O)CCCC1(O)CCC(=O)CC1. The maximum atomic E-state index is 11.0. The third-order valence-corrected chi connectivity index (χ3v) is 3.93. The first-order valence-electron chi connectivity index (χ1n) is 5.23. The van der Waals surface area contributed by atoms with Crippen LogP contribution in [0.4, 0.5) is 0 Å². The molecule has 0 spiro atoms. The molecule has 15 heavy (non-hydrogen) atoms. The minimum atomic E-state index is -2.94. The summed E-state index contributed by atoms with van der Waals surface area (Å²) < 4.78 is 21.8. The lowest BCUT2D eigenvalue weighted by Gasteiger charge is -2.31. The molecule has 0 atom stereocenters. The van der Waals surface area contributed by atoms with Gasteiger partial charge in [-0.1, -0.05) is 0 Å². The second-order valence-corrected chi connectivity index (χ2v) is 6.76. The topological polar surface area (TPSA) is 71.4 Å². The molecule has 5 heteroatoms. The van der Waals surface area contributed by atoms with Gasteiger partial charge in [-0.15, -0.1) is 0 Å². The number of sulfone groups is 1. The Balaban J connectivity index is 2.34. The number of aliphatic hydroxyl groups is 1. The van der Waals surface area contributed by atoms with Crippen LogP contribution in [0.3, 0.4) is 0 Å². The molecule has 1 N–H and O–H groups in total.